The molecule has 0 saturated heterocycles. The number of aromatic nitrogens is 2. The highest BCUT2D eigenvalue weighted by molar-refractivity contribution is 5.97. The zero-order valence-electron chi connectivity index (χ0n) is 17.7. The van der Waals surface area contributed by atoms with Gasteiger partial charge >= 0.3 is 0 Å². The molecule has 2 N–H and O–H groups in total. The largest absolute Gasteiger partial charge is 0.466 e. The zero-order valence-corrected chi connectivity index (χ0v) is 17.7. The molecule has 0 aliphatic rings. The summed E-state index contributed by atoms with van der Waals surface area (Å²) in [6, 6.07) is 18.7. The quantitative estimate of drug-likeness (QED) is 0.504. The number of nitrogens with zero attached hydrogens (tertiary/aromatic N) is 2. The van der Waals surface area contributed by atoms with Gasteiger partial charge in [0.05, 0.1) is 23.1 Å². The van der Waals surface area contributed by atoms with Crippen LogP contribution in [-0.4, -0.2) is 27.9 Å². The number of carbonyl (C=O) groups excluding carboxylic acids is 2. The molecule has 31 heavy (non-hydrogen) atoms. The molecule has 1 atom stereocenters. The van der Waals surface area contributed by atoms with Gasteiger partial charge in [-0.2, -0.15) is 0 Å². The average Bonchev–Trinajstić information content (AvgIpc) is 3.29. The molecule has 158 valence electrons. The molecule has 0 bridgehead atoms. The van der Waals surface area contributed by atoms with E-state index >= 15 is 0 Å². The maximum Gasteiger partial charge on any atom is 0.255 e. The number of fused-ring (bicyclic) bond motifs is 1. The van der Waals surface area contributed by atoms with Gasteiger partial charge in [-0.1, -0.05) is 42.5 Å². The first-order chi connectivity index (χ1) is 14.9. The summed E-state index contributed by atoms with van der Waals surface area (Å²) >= 11 is 0. The van der Waals surface area contributed by atoms with Gasteiger partial charge in [-0.05, 0) is 37.6 Å². The van der Waals surface area contributed by atoms with Crippen LogP contribution in [0.5, 0.6) is 0 Å². The van der Waals surface area contributed by atoms with Crippen molar-refractivity contribution in [3.05, 3.63) is 89.1 Å². The number of aryl methyl sites for hydroxylation is 3. The van der Waals surface area contributed by atoms with Crippen molar-refractivity contribution in [2.45, 2.75) is 19.9 Å². The Labute approximate surface area is 180 Å². The number of hydrogen-bond acceptors (Lipinski definition) is 4. The van der Waals surface area contributed by atoms with E-state index in [1.165, 1.54) is 0 Å². The number of rotatable bonds is 6. The van der Waals surface area contributed by atoms with Gasteiger partial charge in [0.15, 0.2) is 0 Å². The van der Waals surface area contributed by atoms with E-state index in [0.29, 0.717) is 22.9 Å². The summed E-state index contributed by atoms with van der Waals surface area (Å²) in [5.74, 6) is 1.24. The SMILES string of the molecule is Cc1cc(C(=O)NCC(=O)NC(c2ccccc2)c2nc3ccccc3n2C)c(C)o1. The zero-order chi connectivity index (χ0) is 22.0. The number of nitrogens with one attached hydrogen (secondary N) is 2. The minimum atomic E-state index is -0.457. The third-order valence-electron chi connectivity index (χ3n) is 5.21. The monoisotopic (exact) mass is 416 g/mol. The van der Waals surface area contributed by atoms with E-state index in [9.17, 15) is 9.59 Å². The van der Waals surface area contributed by atoms with Crippen LogP contribution in [0.2, 0.25) is 0 Å². The molecule has 1 unspecified atom stereocenters. The van der Waals surface area contributed by atoms with Crippen LogP contribution in [-0.2, 0) is 11.8 Å². The molecular weight excluding hydrogens is 392 g/mol. The Morgan fingerprint density at radius 1 is 1.06 bits per heavy atom. The molecule has 2 aromatic heterocycles. The lowest BCUT2D eigenvalue weighted by atomic mass is 10.1. The summed E-state index contributed by atoms with van der Waals surface area (Å²) in [5.41, 5.74) is 3.17. The molecule has 7 nitrogen and oxygen atoms in total. The minimum absolute atomic E-state index is 0.157. The number of amides is 2. The number of carbonyl (C=O) groups is 2. The number of para-hydroxylation sites is 2. The predicted octanol–water partition coefficient (Wildman–Crippen LogP) is 3.42. The fourth-order valence-electron chi connectivity index (χ4n) is 3.69. The van der Waals surface area contributed by atoms with Gasteiger partial charge in [0, 0.05) is 7.05 Å². The molecule has 0 spiro atoms. The molecule has 0 saturated carbocycles. The van der Waals surface area contributed by atoms with E-state index < -0.39 is 6.04 Å². The van der Waals surface area contributed by atoms with E-state index in [4.69, 9.17) is 9.40 Å². The predicted molar refractivity (Wildman–Crippen MR) is 118 cm³/mol. The molecular formula is C24H24N4O3. The van der Waals surface area contributed by atoms with Gasteiger partial charge in [0.1, 0.15) is 23.4 Å². The third kappa shape index (κ3) is 4.21. The lowest BCUT2D eigenvalue weighted by molar-refractivity contribution is -0.120. The summed E-state index contributed by atoms with van der Waals surface area (Å²) in [4.78, 5) is 29.9. The highest BCUT2D eigenvalue weighted by atomic mass is 16.3. The fraction of sp³-hybridized carbons (Fsp3) is 0.208. The summed E-state index contributed by atoms with van der Waals surface area (Å²) in [7, 11) is 1.93. The summed E-state index contributed by atoms with van der Waals surface area (Å²) in [6.07, 6.45) is 0. The first-order valence-electron chi connectivity index (χ1n) is 10.0. The number of imidazole rings is 1. The topological polar surface area (TPSA) is 89.2 Å². The Balaban J connectivity index is 1.55. The Morgan fingerprint density at radius 2 is 1.77 bits per heavy atom. The second-order valence-corrected chi connectivity index (χ2v) is 7.44. The van der Waals surface area contributed by atoms with Gasteiger partial charge in [0.2, 0.25) is 5.91 Å². The molecule has 2 aromatic carbocycles. The maximum atomic E-state index is 12.8. The second-order valence-electron chi connectivity index (χ2n) is 7.44. The average molecular weight is 416 g/mol. The van der Waals surface area contributed by atoms with Crippen LogP contribution < -0.4 is 10.6 Å². The van der Waals surface area contributed by atoms with Gasteiger partial charge in [-0.15, -0.1) is 0 Å². The second kappa shape index (κ2) is 8.47. The summed E-state index contributed by atoms with van der Waals surface area (Å²) < 4.78 is 7.37. The van der Waals surface area contributed by atoms with Crippen molar-refractivity contribution in [2.24, 2.45) is 7.05 Å². The van der Waals surface area contributed by atoms with Crippen molar-refractivity contribution in [3.63, 3.8) is 0 Å². The summed E-state index contributed by atoms with van der Waals surface area (Å²) in [6.45, 7) is 3.34. The van der Waals surface area contributed by atoms with Gasteiger partial charge in [-0.25, -0.2) is 4.98 Å². The van der Waals surface area contributed by atoms with Crippen molar-refractivity contribution >= 4 is 22.8 Å². The number of hydrogen-bond donors (Lipinski definition) is 2. The molecule has 0 fully saturated rings. The lowest BCUT2D eigenvalue weighted by Gasteiger charge is -2.19. The molecule has 4 rings (SSSR count). The Bertz CT molecular complexity index is 1240. The Kier molecular flexibility index (Phi) is 5.58. The standard InChI is InChI=1S/C24H24N4O3/c1-15-13-18(16(2)31-15)24(30)25-14-21(29)27-22(17-9-5-4-6-10-17)23-26-19-11-7-8-12-20(19)28(23)3/h4-13,22H,14H2,1-3H3,(H,25,30)(H,27,29). The first kappa shape index (κ1) is 20.4. The fourth-order valence-corrected chi connectivity index (χ4v) is 3.69. The summed E-state index contributed by atoms with van der Waals surface area (Å²) in [5, 5.41) is 5.68. The first-order valence-corrected chi connectivity index (χ1v) is 10.0. The van der Waals surface area contributed by atoms with E-state index in [-0.39, 0.29) is 18.4 Å². The highest BCUT2D eigenvalue weighted by Gasteiger charge is 2.23. The molecule has 2 heterocycles. The maximum absolute atomic E-state index is 12.8. The van der Waals surface area contributed by atoms with Crippen LogP contribution >= 0.6 is 0 Å². The normalized spacial score (nSPS) is 12.0. The molecule has 2 amide bonds. The molecule has 0 aliphatic heterocycles. The van der Waals surface area contributed by atoms with Crippen LogP contribution in [0, 0.1) is 13.8 Å². The number of furan rings is 1. The van der Waals surface area contributed by atoms with Crippen molar-refractivity contribution in [1.29, 1.82) is 0 Å². The van der Waals surface area contributed by atoms with Crippen molar-refractivity contribution in [2.75, 3.05) is 6.54 Å². The molecule has 4 aromatic rings. The lowest BCUT2D eigenvalue weighted by Crippen LogP contribution is -2.39. The molecule has 0 aliphatic carbocycles. The Morgan fingerprint density at radius 3 is 2.45 bits per heavy atom. The van der Waals surface area contributed by atoms with Crippen LogP contribution in [0.15, 0.2) is 65.1 Å². The van der Waals surface area contributed by atoms with Crippen molar-refractivity contribution < 1.29 is 14.0 Å². The molecule has 0 radical (unpaired) electrons. The van der Waals surface area contributed by atoms with Crippen LogP contribution in [0.1, 0.15) is 39.3 Å². The highest BCUT2D eigenvalue weighted by Crippen LogP contribution is 2.25. The van der Waals surface area contributed by atoms with Crippen molar-refractivity contribution in [1.82, 2.24) is 20.2 Å². The van der Waals surface area contributed by atoms with E-state index in [1.54, 1.807) is 19.9 Å². The van der Waals surface area contributed by atoms with Gasteiger partial charge < -0.3 is 19.6 Å². The number of benzene rings is 2. The Hall–Kier alpha value is -3.87. The van der Waals surface area contributed by atoms with Crippen LogP contribution in [0.4, 0.5) is 0 Å². The van der Waals surface area contributed by atoms with Crippen LogP contribution in [0.3, 0.4) is 0 Å². The van der Waals surface area contributed by atoms with Gasteiger partial charge in [-0.3, -0.25) is 9.59 Å². The molecule has 7 heteroatoms. The van der Waals surface area contributed by atoms with E-state index in [1.807, 2.05) is 66.2 Å². The minimum Gasteiger partial charge on any atom is -0.466 e. The smallest absolute Gasteiger partial charge is 0.255 e. The third-order valence-corrected chi connectivity index (χ3v) is 5.21. The van der Waals surface area contributed by atoms with E-state index in [0.717, 1.165) is 16.6 Å². The van der Waals surface area contributed by atoms with E-state index in [2.05, 4.69) is 10.6 Å². The van der Waals surface area contributed by atoms with Gasteiger partial charge in [0.25, 0.3) is 5.91 Å². The van der Waals surface area contributed by atoms with Crippen molar-refractivity contribution in [3.8, 4) is 0 Å². The van der Waals surface area contributed by atoms with Crippen LogP contribution in [0.25, 0.3) is 11.0 Å².